The molecule has 0 aliphatic carbocycles. The van der Waals surface area contributed by atoms with Gasteiger partial charge in [-0.25, -0.2) is 0 Å². The van der Waals surface area contributed by atoms with Gasteiger partial charge in [0.2, 0.25) is 5.91 Å². The number of carbonyl (C=O) groups excluding carboxylic acids is 1. The van der Waals surface area contributed by atoms with Gasteiger partial charge in [0.1, 0.15) is 5.92 Å². The summed E-state index contributed by atoms with van der Waals surface area (Å²) < 4.78 is 13.1. The van der Waals surface area contributed by atoms with E-state index in [0.29, 0.717) is 16.6 Å². The SMILES string of the molecule is COc1cccc2c1OC1(C)C(C(=O)N(C)C)C2NC(=S)N1c1ccc(Br)cc1. The Hall–Kier alpha value is -2.32. The summed E-state index contributed by atoms with van der Waals surface area (Å²) in [6.45, 7) is 1.91. The summed E-state index contributed by atoms with van der Waals surface area (Å²) in [7, 11) is 5.12. The number of nitrogens with one attached hydrogen (secondary N) is 1. The summed E-state index contributed by atoms with van der Waals surface area (Å²) in [6, 6.07) is 13.1. The summed E-state index contributed by atoms with van der Waals surface area (Å²) >= 11 is 9.20. The van der Waals surface area contributed by atoms with Gasteiger partial charge in [0.25, 0.3) is 0 Å². The van der Waals surface area contributed by atoms with Gasteiger partial charge < -0.3 is 19.7 Å². The van der Waals surface area contributed by atoms with Crippen LogP contribution >= 0.6 is 28.1 Å². The molecule has 1 saturated heterocycles. The number of thiocarbonyl (C=S) groups is 1. The van der Waals surface area contributed by atoms with E-state index < -0.39 is 11.6 Å². The summed E-state index contributed by atoms with van der Waals surface area (Å²) in [5.74, 6) is 0.692. The minimum Gasteiger partial charge on any atom is -0.493 e. The molecule has 2 aliphatic heterocycles. The fourth-order valence-electron chi connectivity index (χ4n) is 4.17. The van der Waals surface area contributed by atoms with Crippen molar-refractivity contribution in [2.45, 2.75) is 18.7 Å². The number of para-hydroxylation sites is 1. The van der Waals surface area contributed by atoms with E-state index in [1.54, 1.807) is 26.1 Å². The van der Waals surface area contributed by atoms with Crippen molar-refractivity contribution < 1.29 is 14.3 Å². The van der Waals surface area contributed by atoms with Gasteiger partial charge in [0.05, 0.1) is 13.2 Å². The number of rotatable bonds is 3. The van der Waals surface area contributed by atoms with E-state index in [4.69, 9.17) is 21.7 Å². The molecule has 29 heavy (non-hydrogen) atoms. The van der Waals surface area contributed by atoms with Crippen LogP contribution in [0.25, 0.3) is 0 Å². The third kappa shape index (κ3) is 3.05. The Morgan fingerprint density at radius 1 is 1.28 bits per heavy atom. The Morgan fingerprint density at radius 3 is 2.59 bits per heavy atom. The Balaban J connectivity index is 1.93. The molecular weight excluding hydrogens is 454 g/mol. The largest absolute Gasteiger partial charge is 0.493 e. The number of hydrogen-bond donors (Lipinski definition) is 1. The zero-order chi connectivity index (χ0) is 20.9. The standard InChI is InChI=1S/C21H22BrN3O3S/c1-21-16(19(26)24(2)3)17(14-6-5-7-15(27-4)18(14)28-21)23-20(29)25(21)13-10-8-12(22)9-11-13/h5-11,16-17H,1-4H3,(H,23,29). The van der Waals surface area contributed by atoms with Gasteiger partial charge in [-0.2, -0.15) is 0 Å². The molecule has 8 heteroatoms. The highest BCUT2D eigenvalue weighted by atomic mass is 79.9. The predicted molar refractivity (Wildman–Crippen MR) is 119 cm³/mol. The van der Waals surface area contributed by atoms with Crippen molar-refractivity contribution in [3.8, 4) is 11.5 Å². The highest BCUT2D eigenvalue weighted by Crippen LogP contribution is 2.52. The Bertz CT molecular complexity index is 982. The third-order valence-corrected chi connectivity index (χ3v) is 6.33. The second kappa shape index (κ2) is 7.18. The highest BCUT2D eigenvalue weighted by molar-refractivity contribution is 9.10. The summed E-state index contributed by atoms with van der Waals surface area (Å²) in [5, 5.41) is 3.90. The van der Waals surface area contributed by atoms with E-state index in [0.717, 1.165) is 15.7 Å². The summed E-state index contributed by atoms with van der Waals surface area (Å²) in [6.07, 6.45) is 0. The number of methoxy groups -OCH3 is 1. The van der Waals surface area contributed by atoms with Crippen LogP contribution in [0.2, 0.25) is 0 Å². The van der Waals surface area contributed by atoms with Crippen LogP contribution in [-0.4, -0.2) is 42.8 Å². The van der Waals surface area contributed by atoms with Gasteiger partial charge in [-0.15, -0.1) is 0 Å². The van der Waals surface area contributed by atoms with Gasteiger partial charge in [0.15, 0.2) is 22.3 Å². The fourth-order valence-corrected chi connectivity index (χ4v) is 4.84. The first-order chi connectivity index (χ1) is 13.8. The average molecular weight is 476 g/mol. The minimum absolute atomic E-state index is 0.0388. The zero-order valence-electron chi connectivity index (χ0n) is 16.6. The van der Waals surface area contributed by atoms with E-state index in [9.17, 15) is 4.79 Å². The number of nitrogens with zero attached hydrogens (tertiary/aromatic N) is 2. The van der Waals surface area contributed by atoms with Crippen LogP contribution in [0.15, 0.2) is 46.9 Å². The number of anilines is 1. The van der Waals surface area contributed by atoms with Crippen LogP contribution in [0.4, 0.5) is 5.69 Å². The van der Waals surface area contributed by atoms with Crippen LogP contribution in [0.3, 0.4) is 0 Å². The second-order valence-corrected chi connectivity index (χ2v) is 8.79. The molecule has 1 fully saturated rings. The lowest BCUT2D eigenvalue weighted by Crippen LogP contribution is -2.72. The van der Waals surface area contributed by atoms with E-state index in [1.165, 1.54) is 0 Å². The molecule has 2 aromatic rings. The molecule has 1 N–H and O–H groups in total. The van der Waals surface area contributed by atoms with Crippen molar-refractivity contribution in [2.75, 3.05) is 26.1 Å². The average Bonchev–Trinajstić information content (AvgIpc) is 2.68. The molecule has 2 aromatic carbocycles. The van der Waals surface area contributed by atoms with Crippen molar-refractivity contribution in [2.24, 2.45) is 5.92 Å². The number of ether oxygens (including phenoxy) is 2. The van der Waals surface area contributed by atoms with Crippen LogP contribution in [0.5, 0.6) is 11.5 Å². The van der Waals surface area contributed by atoms with Gasteiger partial charge in [-0.05, 0) is 49.5 Å². The van der Waals surface area contributed by atoms with Gasteiger partial charge >= 0.3 is 0 Å². The first kappa shape index (κ1) is 20.0. The maximum absolute atomic E-state index is 13.3. The number of carbonyl (C=O) groups is 1. The molecule has 1 amide bonds. The molecule has 2 bridgehead atoms. The number of hydrogen-bond acceptors (Lipinski definition) is 4. The van der Waals surface area contributed by atoms with E-state index >= 15 is 0 Å². The summed E-state index contributed by atoms with van der Waals surface area (Å²) in [5.41, 5.74) is 0.658. The lowest BCUT2D eigenvalue weighted by molar-refractivity contribution is -0.144. The van der Waals surface area contributed by atoms with Crippen LogP contribution < -0.4 is 19.7 Å². The first-order valence-electron chi connectivity index (χ1n) is 9.21. The second-order valence-electron chi connectivity index (χ2n) is 7.48. The molecule has 0 spiro atoms. The van der Waals surface area contributed by atoms with E-state index in [1.807, 2.05) is 54.3 Å². The van der Waals surface area contributed by atoms with Crippen molar-refractivity contribution in [1.29, 1.82) is 0 Å². The Labute approximate surface area is 183 Å². The molecule has 0 saturated carbocycles. The quantitative estimate of drug-likeness (QED) is 0.682. The molecule has 0 radical (unpaired) electrons. The third-order valence-electron chi connectivity index (χ3n) is 5.50. The number of halogens is 1. The Kier molecular flexibility index (Phi) is 4.94. The maximum atomic E-state index is 13.3. The Morgan fingerprint density at radius 2 is 1.97 bits per heavy atom. The van der Waals surface area contributed by atoms with Crippen molar-refractivity contribution in [1.82, 2.24) is 10.2 Å². The normalized spacial score (nSPS) is 24.9. The maximum Gasteiger partial charge on any atom is 0.233 e. The monoisotopic (exact) mass is 475 g/mol. The lowest BCUT2D eigenvalue weighted by Gasteiger charge is -2.56. The van der Waals surface area contributed by atoms with Crippen LogP contribution in [0.1, 0.15) is 18.5 Å². The zero-order valence-corrected chi connectivity index (χ0v) is 19.0. The lowest BCUT2D eigenvalue weighted by atomic mass is 9.78. The molecule has 6 nitrogen and oxygen atoms in total. The molecule has 152 valence electrons. The fraction of sp³-hybridized carbons (Fsp3) is 0.333. The smallest absolute Gasteiger partial charge is 0.233 e. The summed E-state index contributed by atoms with van der Waals surface area (Å²) in [4.78, 5) is 16.8. The molecule has 2 aliphatic rings. The molecule has 3 unspecified atom stereocenters. The molecule has 4 rings (SSSR count). The van der Waals surface area contributed by atoms with E-state index in [2.05, 4.69) is 21.2 Å². The van der Waals surface area contributed by atoms with E-state index in [-0.39, 0.29) is 11.9 Å². The number of fused-ring (bicyclic) bond motifs is 4. The minimum atomic E-state index is -1.04. The molecule has 3 atom stereocenters. The number of benzene rings is 2. The van der Waals surface area contributed by atoms with Crippen molar-refractivity contribution in [3.05, 3.63) is 52.5 Å². The highest BCUT2D eigenvalue weighted by Gasteiger charge is 2.59. The first-order valence-corrected chi connectivity index (χ1v) is 10.4. The van der Waals surface area contributed by atoms with Gasteiger partial charge in [-0.3, -0.25) is 9.69 Å². The van der Waals surface area contributed by atoms with Crippen molar-refractivity contribution in [3.63, 3.8) is 0 Å². The molecular formula is C21H22BrN3O3S. The topological polar surface area (TPSA) is 54.0 Å². The van der Waals surface area contributed by atoms with Crippen LogP contribution in [0, 0.1) is 5.92 Å². The predicted octanol–water partition coefficient (Wildman–Crippen LogP) is 3.71. The van der Waals surface area contributed by atoms with Crippen molar-refractivity contribution >= 4 is 44.9 Å². The van der Waals surface area contributed by atoms with Gasteiger partial charge in [-0.1, -0.05) is 28.1 Å². The van der Waals surface area contributed by atoms with Gasteiger partial charge in [0, 0.05) is 29.8 Å². The van der Waals surface area contributed by atoms with Crippen LogP contribution in [-0.2, 0) is 4.79 Å². The molecule has 0 aromatic heterocycles. The molecule has 2 heterocycles. The number of amides is 1.